The lowest BCUT2D eigenvalue weighted by atomic mass is 10.1. The molecule has 0 spiro atoms. The Labute approximate surface area is 131 Å². The molecule has 1 rings (SSSR count). The van der Waals surface area contributed by atoms with Crippen LogP contribution in [-0.4, -0.2) is 25.6 Å². The number of carbonyl (C=O) groups is 2. The predicted molar refractivity (Wildman–Crippen MR) is 85.8 cm³/mol. The maximum absolute atomic E-state index is 11.7. The molecule has 0 unspecified atom stereocenters. The Morgan fingerprint density at radius 1 is 1.23 bits per heavy atom. The Hall–Kier alpha value is -2.30. The monoisotopic (exact) mass is 305 g/mol. The summed E-state index contributed by atoms with van der Waals surface area (Å²) in [5, 5.41) is 2.64. The van der Waals surface area contributed by atoms with Gasteiger partial charge in [0.1, 0.15) is 5.75 Å². The highest BCUT2D eigenvalue weighted by molar-refractivity contribution is 6.03. The second-order valence-electron chi connectivity index (χ2n) is 5.23. The normalized spacial score (nSPS) is 10.7. The molecule has 0 aliphatic carbocycles. The van der Waals surface area contributed by atoms with E-state index < -0.39 is 11.9 Å². The van der Waals surface area contributed by atoms with E-state index in [4.69, 9.17) is 9.47 Å². The van der Waals surface area contributed by atoms with E-state index in [0.717, 1.165) is 25.0 Å². The minimum atomic E-state index is -0.515. The van der Waals surface area contributed by atoms with Crippen molar-refractivity contribution in [3.8, 4) is 5.75 Å². The molecule has 0 aliphatic heterocycles. The molecule has 0 aliphatic rings. The first-order valence-electron chi connectivity index (χ1n) is 7.31. The van der Waals surface area contributed by atoms with Crippen LogP contribution in [0.5, 0.6) is 5.75 Å². The predicted octanol–water partition coefficient (Wildman–Crippen LogP) is 3.17. The van der Waals surface area contributed by atoms with Crippen molar-refractivity contribution in [3.63, 3.8) is 0 Å². The lowest BCUT2D eigenvalue weighted by Gasteiger charge is -2.07. The summed E-state index contributed by atoms with van der Waals surface area (Å²) in [5.41, 5.74) is 0.546. The highest BCUT2D eigenvalue weighted by Gasteiger charge is 2.05. The number of hydrogen-bond acceptors (Lipinski definition) is 4. The average molecular weight is 305 g/mol. The molecule has 1 amide bonds. The molecule has 0 radical (unpaired) electrons. The van der Waals surface area contributed by atoms with Crippen LogP contribution in [0.2, 0.25) is 0 Å². The quantitative estimate of drug-likeness (QED) is 0.455. The van der Waals surface area contributed by atoms with Crippen molar-refractivity contribution in [1.29, 1.82) is 0 Å². The number of ether oxygens (including phenoxy) is 2. The number of para-hydroxylation sites is 2. The van der Waals surface area contributed by atoms with Gasteiger partial charge >= 0.3 is 5.97 Å². The van der Waals surface area contributed by atoms with E-state index in [9.17, 15) is 9.59 Å². The zero-order valence-electron chi connectivity index (χ0n) is 13.3. The van der Waals surface area contributed by atoms with E-state index in [1.807, 2.05) is 0 Å². The summed E-state index contributed by atoms with van der Waals surface area (Å²) in [4.78, 5) is 23.2. The molecule has 0 saturated heterocycles. The lowest BCUT2D eigenvalue weighted by molar-refractivity contribution is -0.138. The van der Waals surface area contributed by atoms with Crippen LogP contribution in [0.4, 0.5) is 5.69 Å². The van der Waals surface area contributed by atoms with Gasteiger partial charge in [-0.3, -0.25) is 4.79 Å². The summed E-state index contributed by atoms with van der Waals surface area (Å²) in [6.07, 6.45) is 4.10. The van der Waals surface area contributed by atoms with Crippen LogP contribution in [0.15, 0.2) is 36.4 Å². The Morgan fingerprint density at radius 3 is 2.64 bits per heavy atom. The molecule has 1 aromatic carbocycles. The Balaban J connectivity index is 2.39. The molecule has 5 heteroatoms. The fourth-order valence-electron chi connectivity index (χ4n) is 1.78. The summed E-state index contributed by atoms with van der Waals surface area (Å²) in [5.74, 6) is 0.212. The third kappa shape index (κ3) is 6.92. The summed E-state index contributed by atoms with van der Waals surface area (Å²) < 4.78 is 10.1. The van der Waals surface area contributed by atoms with E-state index in [0.29, 0.717) is 24.0 Å². The van der Waals surface area contributed by atoms with E-state index in [-0.39, 0.29) is 0 Å². The van der Waals surface area contributed by atoms with Crippen molar-refractivity contribution >= 4 is 17.6 Å². The van der Waals surface area contributed by atoms with E-state index >= 15 is 0 Å². The molecule has 0 heterocycles. The van der Waals surface area contributed by atoms with Gasteiger partial charge in [-0.25, -0.2) is 4.79 Å². The number of nitrogens with one attached hydrogen (secondary N) is 1. The molecule has 0 atom stereocenters. The fraction of sp³-hybridized carbons (Fsp3) is 0.412. The number of benzene rings is 1. The maximum atomic E-state index is 11.7. The second-order valence-corrected chi connectivity index (χ2v) is 5.23. The van der Waals surface area contributed by atoms with Crippen LogP contribution in [0.3, 0.4) is 0 Å². The number of carbonyl (C=O) groups excluding carboxylic acids is 2. The van der Waals surface area contributed by atoms with Crippen molar-refractivity contribution in [3.05, 3.63) is 36.4 Å². The van der Waals surface area contributed by atoms with Gasteiger partial charge in [-0.15, -0.1) is 0 Å². The van der Waals surface area contributed by atoms with E-state index in [2.05, 4.69) is 19.2 Å². The molecule has 0 bridgehead atoms. The van der Waals surface area contributed by atoms with Crippen LogP contribution < -0.4 is 10.1 Å². The number of methoxy groups -OCH3 is 1. The number of rotatable bonds is 8. The Kier molecular flexibility index (Phi) is 7.75. The first-order valence-corrected chi connectivity index (χ1v) is 7.31. The summed E-state index contributed by atoms with van der Waals surface area (Å²) in [6, 6.07) is 7.04. The van der Waals surface area contributed by atoms with Crippen molar-refractivity contribution in [2.24, 2.45) is 5.92 Å². The van der Waals surface area contributed by atoms with Gasteiger partial charge in [0.25, 0.3) is 0 Å². The molecule has 120 valence electrons. The van der Waals surface area contributed by atoms with Gasteiger partial charge in [-0.05, 0) is 30.9 Å². The molecule has 0 saturated carbocycles. The molecule has 0 fully saturated rings. The molecule has 1 N–H and O–H groups in total. The van der Waals surface area contributed by atoms with Crippen LogP contribution in [-0.2, 0) is 14.3 Å². The highest BCUT2D eigenvalue weighted by atomic mass is 16.5. The molecule has 22 heavy (non-hydrogen) atoms. The van der Waals surface area contributed by atoms with Crippen LogP contribution in [0, 0.1) is 5.92 Å². The number of amides is 1. The van der Waals surface area contributed by atoms with Gasteiger partial charge in [-0.1, -0.05) is 26.0 Å². The van der Waals surface area contributed by atoms with Gasteiger partial charge in [0.05, 0.1) is 19.4 Å². The highest BCUT2D eigenvalue weighted by Crippen LogP contribution is 2.22. The third-order valence-electron chi connectivity index (χ3n) is 2.91. The zero-order chi connectivity index (χ0) is 16.4. The van der Waals surface area contributed by atoms with Gasteiger partial charge in [0, 0.05) is 12.2 Å². The number of esters is 1. The summed E-state index contributed by atoms with van der Waals surface area (Å²) in [6.45, 7) is 4.60. The first-order chi connectivity index (χ1) is 10.5. The van der Waals surface area contributed by atoms with Gasteiger partial charge in [0.2, 0.25) is 5.91 Å². The van der Waals surface area contributed by atoms with Crippen molar-refractivity contribution in [1.82, 2.24) is 0 Å². The first kappa shape index (κ1) is 17.8. The fourth-order valence-corrected chi connectivity index (χ4v) is 1.78. The van der Waals surface area contributed by atoms with E-state index in [1.54, 1.807) is 24.3 Å². The SMILES string of the molecule is COc1ccccc1NC(=O)/C=C/C(=O)OCCCC(C)C. The topological polar surface area (TPSA) is 64.6 Å². The minimum absolute atomic E-state index is 0.371. The largest absolute Gasteiger partial charge is 0.495 e. The standard InChI is InChI=1S/C17H23NO4/c1-13(2)7-6-12-22-17(20)11-10-16(19)18-14-8-4-5-9-15(14)21-3/h4-5,8-11,13H,6-7,12H2,1-3H3,(H,18,19)/b11-10+. The summed E-state index contributed by atoms with van der Waals surface area (Å²) in [7, 11) is 1.52. The van der Waals surface area contributed by atoms with Crippen LogP contribution >= 0.6 is 0 Å². The van der Waals surface area contributed by atoms with Crippen LogP contribution in [0.1, 0.15) is 26.7 Å². The van der Waals surface area contributed by atoms with Crippen LogP contribution in [0.25, 0.3) is 0 Å². The smallest absolute Gasteiger partial charge is 0.330 e. The molecule has 5 nitrogen and oxygen atoms in total. The molecule has 1 aromatic rings. The number of hydrogen-bond donors (Lipinski definition) is 1. The Bertz CT molecular complexity index is 523. The van der Waals surface area contributed by atoms with E-state index in [1.165, 1.54) is 7.11 Å². The molecule has 0 aromatic heterocycles. The van der Waals surface area contributed by atoms with Gasteiger partial charge < -0.3 is 14.8 Å². The second kappa shape index (κ2) is 9.60. The Morgan fingerprint density at radius 2 is 1.95 bits per heavy atom. The van der Waals surface area contributed by atoms with Gasteiger partial charge in [-0.2, -0.15) is 0 Å². The van der Waals surface area contributed by atoms with Gasteiger partial charge in [0.15, 0.2) is 0 Å². The number of anilines is 1. The van der Waals surface area contributed by atoms with Crippen molar-refractivity contribution in [2.45, 2.75) is 26.7 Å². The maximum Gasteiger partial charge on any atom is 0.330 e. The zero-order valence-corrected chi connectivity index (χ0v) is 13.3. The average Bonchev–Trinajstić information content (AvgIpc) is 2.50. The van der Waals surface area contributed by atoms with Crippen molar-refractivity contribution < 1.29 is 19.1 Å². The third-order valence-corrected chi connectivity index (χ3v) is 2.91. The molecular formula is C17H23NO4. The minimum Gasteiger partial charge on any atom is -0.495 e. The lowest BCUT2D eigenvalue weighted by Crippen LogP contribution is -2.10. The molecular weight excluding hydrogens is 282 g/mol. The summed E-state index contributed by atoms with van der Waals surface area (Å²) >= 11 is 0. The van der Waals surface area contributed by atoms with Crippen molar-refractivity contribution in [2.75, 3.05) is 19.0 Å².